The number of carbonyl (C=O) groups is 3. The number of aliphatic imine (C=N–C) groups is 1. The van der Waals surface area contributed by atoms with Gasteiger partial charge in [0.25, 0.3) is 11.8 Å². The molecule has 17 heteroatoms. The molecule has 4 heterocycles. The maximum absolute atomic E-state index is 13.1. The van der Waals surface area contributed by atoms with Crippen molar-refractivity contribution >= 4 is 63.6 Å². The largest absolute Gasteiger partial charge is 0.477 e. The molecule has 0 saturated carbocycles. The maximum atomic E-state index is 13.1. The van der Waals surface area contributed by atoms with E-state index in [1.165, 1.54) is 11.8 Å². The van der Waals surface area contributed by atoms with E-state index in [9.17, 15) is 19.5 Å². The monoisotopic (exact) mass is 548 g/mol. The topological polar surface area (TPSA) is 226 Å². The van der Waals surface area contributed by atoms with Gasteiger partial charge in [-0.15, -0.1) is 18.3 Å². The second kappa shape index (κ2) is 10.7. The number of thioether (sulfide) groups is 1. The highest BCUT2D eigenvalue weighted by molar-refractivity contribution is 8.00. The molecule has 0 aliphatic carbocycles. The summed E-state index contributed by atoms with van der Waals surface area (Å²) in [6.07, 6.45) is 1.18. The molecule has 7 N–H and O–H groups in total. The molecule has 3 aliphatic rings. The summed E-state index contributed by atoms with van der Waals surface area (Å²) >= 11 is 2.11. The Morgan fingerprint density at radius 2 is 2.22 bits per heavy atom. The number of amides is 2. The van der Waals surface area contributed by atoms with Crippen molar-refractivity contribution in [3.8, 4) is 0 Å². The summed E-state index contributed by atoms with van der Waals surface area (Å²) in [4.78, 5) is 54.4. The zero-order chi connectivity index (χ0) is 26.9. The van der Waals surface area contributed by atoms with E-state index in [1.807, 2.05) is 0 Å². The van der Waals surface area contributed by atoms with Crippen molar-refractivity contribution in [3.05, 3.63) is 29.7 Å². The van der Waals surface area contributed by atoms with Gasteiger partial charge in [0.05, 0.1) is 6.17 Å². The number of β-lactam (4-membered cyclic amide) rings is 1. The zero-order valence-corrected chi connectivity index (χ0v) is 21.2. The van der Waals surface area contributed by atoms with Crippen LogP contribution in [0.25, 0.3) is 0 Å². The van der Waals surface area contributed by atoms with Crippen molar-refractivity contribution in [1.29, 1.82) is 5.41 Å². The first-order valence-corrected chi connectivity index (χ1v) is 12.8. The molecule has 4 rings (SSSR count). The Hall–Kier alpha value is -3.83. The molecule has 3 aliphatic heterocycles. The van der Waals surface area contributed by atoms with Crippen LogP contribution in [0, 0.1) is 5.41 Å². The van der Waals surface area contributed by atoms with Crippen molar-refractivity contribution < 1.29 is 24.3 Å². The van der Waals surface area contributed by atoms with E-state index in [1.54, 1.807) is 17.9 Å². The number of hydrogen-bond acceptors (Lipinski definition) is 13. The maximum Gasteiger partial charge on any atom is 0.353 e. The van der Waals surface area contributed by atoms with Gasteiger partial charge in [-0.05, 0) is 6.92 Å². The van der Waals surface area contributed by atoms with Crippen LogP contribution in [0.15, 0.2) is 34.1 Å². The van der Waals surface area contributed by atoms with E-state index >= 15 is 0 Å². The van der Waals surface area contributed by atoms with Crippen LogP contribution >= 0.6 is 23.3 Å². The van der Waals surface area contributed by atoms with E-state index in [-0.39, 0.29) is 64.9 Å². The quantitative estimate of drug-likeness (QED) is 0.110. The molecule has 0 aromatic carbocycles. The molecule has 37 heavy (non-hydrogen) atoms. The number of nitrogens with zero attached hydrogens (tertiary/aromatic N) is 6. The molecule has 15 nitrogen and oxygen atoms in total. The second-order valence-corrected chi connectivity index (χ2v) is 9.79. The fourth-order valence-corrected chi connectivity index (χ4v) is 5.72. The van der Waals surface area contributed by atoms with Crippen LogP contribution in [-0.4, -0.2) is 95.9 Å². The number of nitrogens with two attached hydrogens (primary N) is 2. The molecule has 1 aromatic rings. The molecular formula is C20H24N10O5S2. The predicted molar refractivity (Wildman–Crippen MR) is 137 cm³/mol. The zero-order valence-electron chi connectivity index (χ0n) is 19.6. The van der Waals surface area contributed by atoms with E-state index < -0.39 is 35.4 Å². The SMILES string of the molecule is C=CCN1C(C2=C(C(=O)O)N3C(=O)C(NC(=O)C(=NOCC)c4nsc(N)n4)[C@@H]3SC2)=NC(=N)CC1N. The third-order valence-corrected chi connectivity index (χ3v) is 7.34. The number of hydrogen-bond donors (Lipinski definition) is 5. The first-order chi connectivity index (χ1) is 17.7. The number of carboxylic acid groups (broad SMARTS) is 1. The fourth-order valence-electron chi connectivity index (χ4n) is 3.95. The number of oxime groups is 1. The molecule has 196 valence electrons. The molecule has 0 spiro atoms. The number of aromatic nitrogens is 2. The lowest BCUT2D eigenvalue weighted by Gasteiger charge is -2.50. The normalized spacial score (nSPS) is 23.8. The Kier molecular flexibility index (Phi) is 7.55. The van der Waals surface area contributed by atoms with Gasteiger partial charge in [-0.3, -0.25) is 19.9 Å². The number of nitrogen functional groups attached to an aromatic ring is 1. The van der Waals surface area contributed by atoms with Crippen molar-refractivity contribution in [2.75, 3.05) is 24.6 Å². The molecule has 0 bridgehead atoms. The van der Waals surface area contributed by atoms with Crippen molar-refractivity contribution in [2.45, 2.75) is 30.9 Å². The first-order valence-electron chi connectivity index (χ1n) is 11.0. The van der Waals surface area contributed by atoms with Crippen LogP contribution in [0.2, 0.25) is 0 Å². The predicted octanol–water partition coefficient (Wildman–Crippen LogP) is -0.848. The molecule has 1 fully saturated rings. The van der Waals surface area contributed by atoms with Crippen molar-refractivity contribution in [2.24, 2.45) is 15.9 Å². The number of rotatable bonds is 9. The molecule has 1 saturated heterocycles. The third-order valence-electron chi connectivity index (χ3n) is 5.52. The van der Waals surface area contributed by atoms with Gasteiger partial charge in [0, 0.05) is 35.8 Å². The molecular weight excluding hydrogens is 524 g/mol. The third kappa shape index (κ3) is 4.92. The van der Waals surface area contributed by atoms with Crippen LogP contribution in [0.5, 0.6) is 0 Å². The average Bonchev–Trinajstić information content (AvgIpc) is 3.28. The number of amidine groups is 2. The highest BCUT2D eigenvalue weighted by Gasteiger charge is 2.55. The van der Waals surface area contributed by atoms with E-state index in [2.05, 4.69) is 31.4 Å². The van der Waals surface area contributed by atoms with Gasteiger partial charge in [-0.1, -0.05) is 11.2 Å². The van der Waals surface area contributed by atoms with Crippen LogP contribution in [0.4, 0.5) is 5.13 Å². The summed E-state index contributed by atoms with van der Waals surface area (Å²) in [6.45, 7) is 5.83. The number of carbonyl (C=O) groups excluding carboxylic acids is 2. The standard InChI is InChI=1S/C20H24N10O5S2/c1-3-5-29-10(22)6-9(21)24-15(29)8-7-36-18-12(17(32)30(18)13(8)19(33)34)25-16(31)11(27-35-4-2)14-26-20(23)37-28-14/h3,10,12,18,21H,1,4-7,22H2,2H3,(H,25,31)(H,33,34)(H2,23,26,28)/t10?,12?,18-/m0/s1. The number of anilines is 1. The van der Waals surface area contributed by atoms with Gasteiger partial charge in [-0.2, -0.15) is 9.36 Å². The van der Waals surface area contributed by atoms with Gasteiger partial charge in [0.2, 0.25) is 11.5 Å². The number of aliphatic carboxylic acids is 1. The van der Waals surface area contributed by atoms with Gasteiger partial charge in [0.1, 0.15) is 35.4 Å². The molecule has 0 radical (unpaired) electrons. The Labute approximate surface area is 219 Å². The molecule has 3 atom stereocenters. The first kappa shape index (κ1) is 26.2. The highest BCUT2D eigenvalue weighted by atomic mass is 32.2. The van der Waals surface area contributed by atoms with Crippen LogP contribution < -0.4 is 16.8 Å². The summed E-state index contributed by atoms with van der Waals surface area (Å²) in [5.74, 6) is -2.43. The highest BCUT2D eigenvalue weighted by Crippen LogP contribution is 2.41. The number of nitrogens with one attached hydrogen (secondary N) is 2. The number of fused-ring (bicyclic) bond motifs is 1. The van der Waals surface area contributed by atoms with Crippen molar-refractivity contribution in [3.63, 3.8) is 0 Å². The van der Waals surface area contributed by atoms with Gasteiger partial charge in [-0.25, -0.2) is 9.79 Å². The lowest BCUT2D eigenvalue weighted by molar-refractivity contribution is -0.150. The fraction of sp³-hybridized carbons (Fsp3) is 0.400. The summed E-state index contributed by atoms with van der Waals surface area (Å²) < 4.78 is 3.97. The molecule has 2 unspecified atom stereocenters. The number of carboxylic acids is 1. The lowest BCUT2D eigenvalue weighted by Crippen LogP contribution is -2.71. The van der Waals surface area contributed by atoms with Gasteiger partial charge >= 0.3 is 5.97 Å². The smallest absolute Gasteiger partial charge is 0.353 e. The minimum absolute atomic E-state index is 0.00431. The van der Waals surface area contributed by atoms with Crippen LogP contribution in [0.3, 0.4) is 0 Å². The Balaban J connectivity index is 1.61. The van der Waals surface area contributed by atoms with Crippen LogP contribution in [0.1, 0.15) is 19.2 Å². The lowest BCUT2D eigenvalue weighted by atomic mass is 10.0. The van der Waals surface area contributed by atoms with E-state index in [4.69, 9.17) is 21.7 Å². The van der Waals surface area contributed by atoms with Gasteiger partial charge in [0.15, 0.2) is 5.13 Å². The minimum atomic E-state index is -1.34. The van der Waals surface area contributed by atoms with E-state index in [0.29, 0.717) is 0 Å². The van der Waals surface area contributed by atoms with Crippen molar-refractivity contribution in [1.82, 2.24) is 24.5 Å². The Morgan fingerprint density at radius 1 is 1.46 bits per heavy atom. The van der Waals surface area contributed by atoms with E-state index in [0.717, 1.165) is 16.4 Å². The average molecular weight is 549 g/mol. The Bertz CT molecular complexity index is 1260. The molecule has 1 aromatic heterocycles. The summed E-state index contributed by atoms with van der Waals surface area (Å²) in [5, 5.41) is 23.8. The van der Waals surface area contributed by atoms with Gasteiger partial charge < -0.3 is 31.6 Å². The Morgan fingerprint density at radius 3 is 2.84 bits per heavy atom. The second-order valence-electron chi connectivity index (χ2n) is 7.90. The summed E-state index contributed by atoms with van der Waals surface area (Å²) in [6, 6.07) is -1.03. The summed E-state index contributed by atoms with van der Waals surface area (Å²) in [7, 11) is 0. The van der Waals surface area contributed by atoms with Crippen LogP contribution in [-0.2, 0) is 19.2 Å². The molecule has 2 amide bonds. The summed E-state index contributed by atoms with van der Waals surface area (Å²) in [5.41, 5.74) is 11.5. The minimum Gasteiger partial charge on any atom is -0.477 e.